The zero-order valence-electron chi connectivity index (χ0n) is 6.77. The number of aromatic nitrogens is 2. The van der Waals surface area contributed by atoms with Gasteiger partial charge in [-0.25, -0.2) is 4.39 Å². The highest BCUT2D eigenvalue weighted by Gasteiger charge is 2.11. The van der Waals surface area contributed by atoms with Crippen LogP contribution in [0.25, 0.3) is 5.52 Å². The summed E-state index contributed by atoms with van der Waals surface area (Å²) in [6.07, 6.45) is 3.27. The lowest BCUT2D eigenvalue weighted by Gasteiger charge is -1.95. The molecular weight excluding hydrogens is 286 g/mol. The van der Waals surface area contributed by atoms with Crippen molar-refractivity contribution in [3.8, 4) is 0 Å². The average Bonchev–Trinajstić information content (AvgIpc) is 2.27. The Hall–Kier alpha value is -0.850. The molecule has 13 heavy (non-hydrogen) atoms. The van der Waals surface area contributed by atoms with E-state index < -0.39 is 5.82 Å². The van der Waals surface area contributed by atoms with E-state index in [4.69, 9.17) is 0 Å². The summed E-state index contributed by atoms with van der Waals surface area (Å²) in [5, 5.41) is 0. The van der Waals surface area contributed by atoms with Gasteiger partial charge in [0.05, 0.1) is 3.57 Å². The second-order valence-electron chi connectivity index (χ2n) is 2.81. The molecule has 1 N–H and O–H groups in total. The smallest absolute Gasteiger partial charge is 0.275 e. The van der Waals surface area contributed by atoms with Gasteiger partial charge in [-0.1, -0.05) is 0 Å². The molecule has 0 aliphatic carbocycles. The predicted octanol–water partition coefficient (Wildman–Crippen LogP) is 1.68. The molecule has 0 fully saturated rings. The van der Waals surface area contributed by atoms with E-state index in [1.807, 2.05) is 22.6 Å². The van der Waals surface area contributed by atoms with Crippen molar-refractivity contribution >= 4 is 28.1 Å². The molecule has 3 nitrogen and oxygen atoms in total. The Bertz CT molecular complexity index is 529. The summed E-state index contributed by atoms with van der Waals surface area (Å²) >= 11 is 1.86. The van der Waals surface area contributed by atoms with Crippen molar-refractivity contribution in [2.24, 2.45) is 0 Å². The molecule has 2 rings (SSSR count). The molecule has 2 aromatic rings. The van der Waals surface area contributed by atoms with Crippen LogP contribution in [0.2, 0.25) is 0 Å². The topological polar surface area (TPSA) is 37.3 Å². The summed E-state index contributed by atoms with van der Waals surface area (Å²) < 4.78 is 15.3. The van der Waals surface area contributed by atoms with Crippen molar-refractivity contribution in [1.29, 1.82) is 0 Å². The molecule has 2 aromatic heterocycles. The van der Waals surface area contributed by atoms with Crippen molar-refractivity contribution in [1.82, 2.24) is 9.38 Å². The van der Waals surface area contributed by atoms with Crippen LogP contribution >= 0.6 is 22.6 Å². The molecule has 2 heterocycles. The third-order valence-corrected chi connectivity index (χ3v) is 2.54. The highest BCUT2D eigenvalue weighted by atomic mass is 127. The first-order chi connectivity index (χ1) is 6.09. The fraction of sp³-hybridized carbons (Fsp3) is 0.125. The standard InChI is InChI=1S/C8H6FIN2O/c1-4-2-12-3-5(10)6(9)7(12)8(13)11-4/h2-3H,1H3,(H,11,13). The number of H-pyrrole nitrogens is 1. The van der Waals surface area contributed by atoms with Gasteiger partial charge in [0.15, 0.2) is 5.82 Å². The van der Waals surface area contributed by atoms with E-state index in [-0.39, 0.29) is 11.1 Å². The number of hydrogen-bond donors (Lipinski definition) is 1. The molecule has 0 aliphatic heterocycles. The van der Waals surface area contributed by atoms with Gasteiger partial charge in [0.2, 0.25) is 0 Å². The summed E-state index contributed by atoms with van der Waals surface area (Å²) in [7, 11) is 0. The maximum Gasteiger partial charge on any atom is 0.275 e. The molecule has 0 unspecified atom stereocenters. The molecule has 0 aliphatic rings. The SMILES string of the molecule is Cc1cn2cc(I)c(F)c2c(=O)[nH]1. The third-order valence-electron chi connectivity index (χ3n) is 1.79. The van der Waals surface area contributed by atoms with Crippen LogP contribution in [0.15, 0.2) is 17.2 Å². The first-order valence-electron chi connectivity index (χ1n) is 3.65. The largest absolute Gasteiger partial charge is 0.323 e. The van der Waals surface area contributed by atoms with Crippen molar-refractivity contribution in [3.05, 3.63) is 37.8 Å². The molecule has 0 atom stereocenters. The first-order valence-corrected chi connectivity index (χ1v) is 4.73. The highest BCUT2D eigenvalue weighted by molar-refractivity contribution is 14.1. The number of nitrogens with one attached hydrogen (secondary N) is 1. The molecule has 0 radical (unpaired) electrons. The minimum Gasteiger partial charge on any atom is -0.323 e. The lowest BCUT2D eigenvalue weighted by molar-refractivity contribution is 0.632. The summed E-state index contributed by atoms with van der Waals surface area (Å²) in [5.41, 5.74) is 0.402. The second-order valence-corrected chi connectivity index (χ2v) is 3.98. The second kappa shape index (κ2) is 2.83. The van der Waals surface area contributed by atoms with Crippen molar-refractivity contribution in [3.63, 3.8) is 0 Å². The van der Waals surface area contributed by atoms with Crippen molar-refractivity contribution in [2.75, 3.05) is 0 Å². The Labute approximate surface area is 86.7 Å². The maximum atomic E-state index is 13.3. The fourth-order valence-electron chi connectivity index (χ4n) is 1.27. The Morgan fingerprint density at radius 1 is 1.54 bits per heavy atom. The van der Waals surface area contributed by atoms with Crippen LogP contribution in [0.1, 0.15) is 5.69 Å². The number of halogens is 2. The quantitative estimate of drug-likeness (QED) is 0.737. The molecule has 0 amide bonds. The maximum absolute atomic E-state index is 13.3. The van der Waals surface area contributed by atoms with E-state index in [0.29, 0.717) is 9.26 Å². The van der Waals surface area contributed by atoms with Crippen LogP contribution in [-0.2, 0) is 0 Å². The minimum absolute atomic E-state index is 0.0787. The highest BCUT2D eigenvalue weighted by Crippen LogP contribution is 2.15. The molecule has 0 saturated heterocycles. The van der Waals surface area contributed by atoms with Crippen molar-refractivity contribution < 1.29 is 4.39 Å². The predicted molar refractivity (Wildman–Crippen MR) is 55.4 cm³/mol. The first kappa shape index (κ1) is 8.74. The number of aromatic amines is 1. The van der Waals surface area contributed by atoms with E-state index in [2.05, 4.69) is 4.98 Å². The van der Waals surface area contributed by atoms with Crippen LogP contribution in [-0.4, -0.2) is 9.38 Å². The summed E-state index contributed by atoms with van der Waals surface area (Å²) in [6.45, 7) is 1.76. The van der Waals surface area contributed by atoms with Crippen LogP contribution in [0.3, 0.4) is 0 Å². The average molecular weight is 292 g/mol. The molecule has 68 valence electrons. The lowest BCUT2D eigenvalue weighted by Crippen LogP contribution is -2.11. The zero-order chi connectivity index (χ0) is 9.59. The van der Waals surface area contributed by atoms with Gasteiger partial charge >= 0.3 is 0 Å². The van der Waals surface area contributed by atoms with Gasteiger partial charge in [0, 0.05) is 18.1 Å². The van der Waals surface area contributed by atoms with Crippen LogP contribution < -0.4 is 5.56 Å². The van der Waals surface area contributed by atoms with E-state index >= 15 is 0 Å². The molecule has 0 bridgehead atoms. The van der Waals surface area contributed by atoms with E-state index in [9.17, 15) is 9.18 Å². The van der Waals surface area contributed by atoms with Gasteiger partial charge in [-0.2, -0.15) is 0 Å². The molecule has 0 aromatic carbocycles. The minimum atomic E-state index is -0.457. The number of hydrogen-bond acceptors (Lipinski definition) is 1. The number of rotatable bonds is 0. The van der Waals surface area contributed by atoms with Crippen molar-refractivity contribution in [2.45, 2.75) is 6.92 Å². The Morgan fingerprint density at radius 3 is 2.92 bits per heavy atom. The van der Waals surface area contributed by atoms with Gasteiger partial charge < -0.3 is 9.38 Å². The van der Waals surface area contributed by atoms with Crippen LogP contribution in [0.5, 0.6) is 0 Å². The monoisotopic (exact) mass is 292 g/mol. The summed E-state index contributed by atoms with van der Waals surface area (Å²) in [4.78, 5) is 13.9. The summed E-state index contributed by atoms with van der Waals surface area (Å²) in [5.74, 6) is -0.457. The number of nitrogens with zero attached hydrogens (tertiary/aromatic N) is 1. The van der Waals surface area contributed by atoms with Crippen LogP contribution in [0.4, 0.5) is 4.39 Å². The molecule has 0 saturated carbocycles. The third kappa shape index (κ3) is 1.27. The van der Waals surface area contributed by atoms with E-state index in [1.165, 1.54) is 4.40 Å². The summed E-state index contributed by atoms with van der Waals surface area (Å²) in [6, 6.07) is 0. The number of fused-ring (bicyclic) bond motifs is 1. The Morgan fingerprint density at radius 2 is 2.23 bits per heavy atom. The van der Waals surface area contributed by atoms with Gasteiger partial charge in [-0.15, -0.1) is 0 Å². The van der Waals surface area contributed by atoms with Crippen LogP contribution in [0, 0.1) is 16.3 Å². The molecule has 5 heteroatoms. The van der Waals surface area contributed by atoms with Gasteiger partial charge in [-0.3, -0.25) is 4.79 Å². The number of aryl methyl sites for hydroxylation is 1. The Balaban J connectivity index is 3.03. The normalized spacial score (nSPS) is 11.0. The van der Waals surface area contributed by atoms with Gasteiger partial charge in [0.25, 0.3) is 5.56 Å². The van der Waals surface area contributed by atoms with Gasteiger partial charge in [-0.05, 0) is 29.5 Å². The van der Waals surface area contributed by atoms with Gasteiger partial charge in [0.1, 0.15) is 5.52 Å². The Kier molecular flexibility index (Phi) is 1.90. The molecular formula is C8H6FIN2O. The van der Waals surface area contributed by atoms with E-state index in [1.54, 1.807) is 19.3 Å². The molecule has 0 spiro atoms. The zero-order valence-corrected chi connectivity index (χ0v) is 8.92. The van der Waals surface area contributed by atoms with E-state index in [0.717, 1.165) is 0 Å². The fourth-order valence-corrected chi connectivity index (χ4v) is 1.82. The lowest BCUT2D eigenvalue weighted by atomic mass is 10.4.